The highest BCUT2D eigenvalue weighted by atomic mass is 19.1. The summed E-state index contributed by atoms with van der Waals surface area (Å²) in [5, 5.41) is 3.23. The molecule has 3 aromatic rings. The number of aromatic amines is 1. The molecule has 0 aromatic carbocycles. The van der Waals surface area contributed by atoms with Gasteiger partial charge < -0.3 is 15.0 Å². The largest absolute Gasteiger partial charge is 0.477 e. The van der Waals surface area contributed by atoms with E-state index in [1.165, 1.54) is 6.07 Å². The first kappa shape index (κ1) is 15.2. The van der Waals surface area contributed by atoms with E-state index in [-0.39, 0.29) is 6.04 Å². The summed E-state index contributed by atoms with van der Waals surface area (Å²) in [6, 6.07) is 4.95. The minimum Gasteiger partial charge on any atom is -0.477 e. The summed E-state index contributed by atoms with van der Waals surface area (Å²) in [7, 11) is 0. The minimum absolute atomic E-state index is 0.214. The number of halogens is 1. The number of rotatable bonds is 6. The molecule has 0 saturated carbocycles. The van der Waals surface area contributed by atoms with Crippen LogP contribution in [-0.2, 0) is 0 Å². The number of aromatic nitrogens is 4. The molecule has 3 rings (SSSR count). The van der Waals surface area contributed by atoms with E-state index in [1.807, 2.05) is 26.0 Å². The Balaban J connectivity index is 1.83. The lowest BCUT2D eigenvalue weighted by Crippen LogP contribution is -2.11. The molecular weight excluding hydrogens is 297 g/mol. The summed E-state index contributed by atoms with van der Waals surface area (Å²) in [6.07, 6.45) is 3.62. The van der Waals surface area contributed by atoms with Gasteiger partial charge in [0.25, 0.3) is 0 Å². The van der Waals surface area contributed by atoms with Crippen molar-refractivity contribution in [2.75, 3.05) is 11.9 Å². The predicted molar refractivity (Wildman–Crippen MR) is 85.9 cm³/mol. The number of anilines is 1. The van der Waals surface area contributed by atoms with Crippen molar-refractivity contribution in [3.05, 3.63) is 42.1 Å². The number of nitrogens with one attached hydrogen (secondary N) is 2. The molecular formula is C16H18FN5O. The molecule has 0 spiro atoms. The Kier molecular flexibility index (Phi) is 4.36. The Bertz CT molecular complexity index is 804. The first-order valence-electron chi connectivity index (χ1n) is 7.52. The zero-order valence-corrected chi connectivity index (χ0v) is 13.0. The van der Waals surface area contributed by atoms with Gasteiger partial charge in [-0.05, 0) is 31.5 Å². The summed E-state index contributed by atoms with van der Waals surface area (Å²) in [6.45, 7) is 4.45. The van der Waals surface area contributed by atoms with Gasteiger partial charge in [0.1, 0.15) is 11.6 Å². The maximum atomic E-state index is 13.6. The van der Waals surface area contributed by atoms with E-state index < -0.39 is 5.82 Å². The molecule has 0 aliphatic heterocycles. The number of nitrogens with zero attached hydrogens (tertiary/aromatic N) is 3. The van der Waals surface area contributed by atoms with Crippen LogP contribution >= 0.6 is 0 Å². The maximum absolute atomic E-state index is 13.6. The van der Waals surface area contributed by atoms with Crippen molar-refractivity contribution in [3.8, 4) is 5.88 Å². The number of hydrogen-bond acceptors (Lipinski definition) is 5. The topological polar surface area (TPSA) is 75.7 Å². The fourth-order valence-electron chi connectivity index (χ4n) is 2.27. The van der Waals surface area contributed by atoms with Crippen molar-refractivity contribution in [2.24, 2.45) is 0 Å². The second-order valence-corrected chi connectivity index (χ2v) is 5.23. The van der Waals surface area contributed by atoms with Gasteiger partial charge in [0.15, 0.2) is 5.65 Å². The van der Waals surface area contributed by atoms with Crippen LogP contribution in [-0.4, -0.2) is 26.5 Å². The predicted octanol–water partition coefficient (Wildman–Crippen LogP) is 3.45. The van der Waals surface area contributed by atoms with Gasteiger partial charge in [0, 0.05) is 5.56 Å². The van der Waals surface area contributed by atoms with E-state index in [2.05, 4.69) is 25.3 Å². The average molecular weight is 315 g/mol. The third-order valence-corrected chi connectivity index (χ3v) is 3.40. The second kappa shape index (κ2) is 6.60. The van der Waals surface area contributed by atoms with Crippen LogP contribution in [0.4, 0.5) is 10.2 Å². The molecule has 6 nitrogen and oxygen atoms in total. The lowest BCUT2D eigenvalue weighted by Gasteiger charge is -2.18. The summed E-state index contributed by atoms with van der Waals surface area (Å²) in [5.74, 6) is 0.699. The van der Waals surface area contributed by atoms with Crippen LogP contribution in [0, 0.1) is 5.82 Å². The Labute approximate surface area is 133 Å². The van der Waals surface area contributed by atoms with Crippen molar-refractivity contribution in [1.29, 1.82) is 0 Å². The SMILES string of the molecule is CCCOc1ncc(F)cc1C(C)Nc1ccc2[nH]cnc2n1. The minimum atomic E-state index is -0.395. The molecule has 7 heteroatoms. The molecule has 2 N–H and O–H groups in total. The van der Waals surface area contributed by atoms with Crippen LogP contribution in [0.15, 0.2) is 30.7 Å². The number of fused-ring (bicyclic) bond motifs is 1. The highest BCUT2D eigenvalue weighted by molar-refractivity contribution is 5.72. The second-order valence-electron chi connectivity index (χ2n) is 5.23. The van der Waals surface area contributed by atoms with E-state index in [0.717, 1.165) is 18.1 Å². The smallest absolute Gasteiger partial charge is 0.218 e. The lowest BCUT2D eigenvalue weighted by molar-refractivity contribution is 0.299. The highest BCUT2D eigenvalue weighted by Crippen LogP contribution is 2.26. The number of pyridine rings is 2. The molecule has 120 valence electrons. The molecule has 0 fully saturated rings. The van der Waals surface area contributed by atoms with Gasteiger partial charge in [0.05, 0.1) is 30.7 Å². The Morgan fingerprint density at radius 3 is 3.04 bits per heavy atom. The highest BCUT2D eigenvalue weighted by Gasteiger charge is 2.15. The van der Waals surface area contributed by atoms with Crippen molar-refractivity contribution in [1.82, 2.24) is 19.9 Å². The molecule has 23 heavy (non-hydrogen) atoms. The molecule has 0 aliphatic carbocycles. The molecule has 1 unspecified atom stereocenters. The number of H-pyrrole nitrogens is 1. The van der Waals surface area contributed by atoms with Crippen LogP contribution in [0.3, 0.4) is 0 Å². The van der Waals surface area contributed by atoms with Gasteiger partial charge in [-0.2, -0.15) is 0 Å². The first-order chi connectivity index (χ1) is 11.2. The van der Waals surface area contributed by atoms with Gasteiger partial charge >= 0.3 is 0 Å². The van der Waals surface area contributed by atoms with E-state index in [4.69, 9.17) is 4.74 Å². The molecule has 3 aromatic heterocycles. The average Bonchev–Trinajstić information content (AvgIpc) is 3.01. The molecule has 0 saturated heterocycles. The molecule has 3 heterocycles. The van der Waals surface area contributed by atoms with Crippen LogP contribution in [0.25, 0.3) is 11.2 Å². The summed E-state index contributed by atoms with van der Waals surface area (Å²) < 4.78 is 19.2. The maximum Gasteiger partial charge on any atom is 0.218 e. The van der Waals surface area contributed by atoms with Crippen LogP contribution in [0.5, 0.6) is 5.88 Å². The summed E-state index contributed by atoms with van der Waals surface area (Å²) in [4.78, 5) is 15.6. The van der Waals surface area contributed by atoms with Gasteiger partial charge in [-0.15, -0.1) is 0 Å². The fraction of sp³-hybridized carbons (Fsp3) is 0.312. The molecule has 1 atom stereocenters. The Morgan fingerprint density at radius 2 is 2.22 bits per heavy atom. The monoisotopic (exact) mass is 315 g/mol. The van der Waals surface area contributed by atoms with Crippen molar-refractivity contribution in [3.63, 3.8) is 0 Å². The molecule has 0 radical (unpaired) electrons. The zero-order valence-electron chi connectivity index (χ0n) is 13.0. The third kappa shape index (κ3) is 3.39. The van der Waals surface area contributed by atoms with Gasteiger partial charge in [-0.1, -0.05) is 6.92 Å². The zero-order chi connectivity index (χ0) is 16.2. The quantitative estimate of drug-likeness (QED) is 0.728. The van der Waals surface area contributed by atoms with Crippen molar-refractivity contribution in [2.45, 2.75) is 26.3 Å². The molecule has 0 aliphatic rings. The fourth-order valence-corrected chi connectivity index (χ4v) is 2.27. The summed E-state index contributed by atoms with van der Waals surface area (Å²) in [5.41, 5.74) is 2.15. The van der Waals surface area contributed by atoms with Crippen LogP contribution in [0.2, 0.25) is 0 Å². The standard InChI is InChI=1S/C16H18FN5O/c1-3-6-23-16-12(7-11(17)8-18-16)10(2)21-14-5-4-13-15(22-14)20-9-19-13/h4-5,7-10H,3,6H2,1-2H3,(H2,19,20,21,22). The number of imidazole rings is 1. The third-order valence-electron chi connectivity index (χ3n) is 3.40. The number of hydrogen-bond donors (Lipinski definition) is 2. The first-order valence-corrected chi connectivity index (χ1v) is 7.52. The molecule has 0 amide bonds. The lowest BCUT2D eigenvalue weighted by atomic mass is 10.1. The van der Waals surface area contributed by atoms with E-state index in [9.17, 15) is 4.39 Å². The van der Waals surface area contributed by atoms with Crippen LogP contribution in [0.1, 0.15) is 31.9 Å². The number of ether oxygens (including phenoxy) is 1. The van der Waals surface area contributed by atoms with E-state index >= 15 is 0 Å². The van der Waals surface area contributed by atoms with E-state index in [1.54, 1.807) is 6.33 Å². The Hall–Kier alpha value is -2.70. The van der Waals surface area contributed by atoms with Gasteiger partial charge in [-0.25, -0.2) is 19.3 Å². The van der Waals surface area contributed by atoms with Crippen molar-refractivity contribution >= 4 is 17.0 Å². The molecule has 0 bridgehead atoms. The summed E-state index contributed by atoms with van der Waals surface area (Å²) >= 11 is 0. The normalized spacial score (nSPS) is 12.3. The van der Waals surface area contributed by atoms with E-state index in [0.29, 0.717) is 29.5 Å². The van der Waals surface area contributed by atoms with Gasteiger partial charge in [0.2, 0.25) is 5.88 Å². The van der Waals surface area contributed by atoms with Gasteiger partial charge in [-0.3, -0.25) is 0 Å². The van der Waals surface area contributed by atoms with Crippen LogP contribution < -0.4 is 10.1 Å². The Morgan fingerprint density at radius 1 is 1.35 bits per heavy atom. The van der Waals surface area contributed by atoms with Crippen molar-refractivity contribution < 1.29 is 9.13 Å².